The van der Waals surface area contributed by atoms with E-state index in [1.807, 2.05) is 18.2 Å². The zero-order chi connectivity index (χ0) is 30.2. The van der Waals surface area contributed by atoms with Gasteiger partial charge in [0.15, 0.2) is 12.2 Å². The Kier molecular flexibility index (Phi) is 17.2. The highest BCUT2D eigenvalue weighted by atomic mass is 79.9. The minimum atomic E-state index is -0.0653. The first-order valence-electron chi connectivity index (χ1n) is 16.3. The zero-order valence-electron chi connectivity index (χ0n) is 27.4. The minimum Gasteiger partial charge on any atom is -1.00 e. The molecule has 0 aliphatic rings. The van der Waals surface area contributed by atoms with Crippen LogP contribution in [0.5, 0.6) is 5.75 Å². The van der Waals surface area contributed by atoms with Gasteiger partial charge >= 0.3 is 0 Å². The topological polar surface area (TPSA) is 42.2 Å². The van der Waals surface area contributed by atoms with Gasteiger partial charge in [-0.3, -0.25) is 4.79 Å². The summed E-state index contributed by atoms with van der Waals surface area (Å²) >= 11 is 1.70. The van der Waals surface area contributed by atoms with Crippen LogP contribution in [0.15, 0.2) is 53.4 Å². The number of unbranched alkanes of at least 4 members (excludes halogenated alkanes) is 11. The van der Waals surface area contributed by atoms with Gasteiger partial charge in [0.05, 0.1) is 18.4 Å². The van der Waals surface area contributed by atoms with Crippen molar-refractivity contribution in [3.8, 4) is 5.75 Å². The molecule has 4 nitrogen and oxygen atoms in total. The maximum absolute atomic E-state index is 13.2. The molecular weight excluding hydrogens is 616 g/mol. The lowest BCUT2D eigenvalue weighted by atomic mass is 9.84. The van der Waals surface area contributed by atoms with Crippen LogP contribution in [0, 0.1) is 6.92 Å². The van der Waals surface area contributed by atoms with Gasteiger partial charge in [-0.2, -0.15) is 4.57 Å². The van der Waals surface area contributed by atoms with Crippen molar-refractivity contribution < 1.29 is 31.1 Å². The number of halogens is 1. The summed E-state index contributed by atoms with van der Waals surface area (Å²) in [4.78, 5) is 13.2. The predicted molar refractivity (Wildman–Crippen MR) is 179 cm³/mol. The van der Waals surface area contributed by atoms with E-state index in [1.54, 1.807) is 11.3 Å². The van der Waals surface area contributed by atoms with E-state index in [0.717, 1.165) is 35.5 Å². The number of ether oxygens (including phenoxy) is 1. The van der Waals surface area contributed by atoms with Crippen LogP contribution in [0.25, 0.3) is 0 Å². The van der Waals surface area contributed by atoms with Crippen molar-refractivity contribution in [3.05, 3.63) is 75.7 Å². The molecule has 1 N–H and O–H groups in total. The molecule has 0 radical (unpaired) electrons. The number of benzene rings is 2. The number of rotatable bonds is 19. The number of hydrogen-bond donors (Lipinski definition) is 1. The van der Waals surface area contributed by atoms with Crippen molar-refractivity contribution in [2.24, 2.45) is 0 Å². The number of thiazole rings is 1. The summed E-state index contributed by atoms with van der Waals surface area (Å²) in [6.45, 7) is 12.5. The van der Waals surface area contributed by atoms with Crippen LogP contribution in [0.3, 0.4) is 0 Å². The zero-order valence-corrected chi connectivity index (χ0v) is 29.8. The molecule has 3 aromatic rings. The van der Waals surface area contributed by atoms with Crippen LogP contribution in [-0.2, 0) is 23.2 Å². The Morgan fingerprint density at radius 3 is 2.12 bits per heavy atom. The maximum Gasteiger partial charge on any atom is 0.228 e. The van der Waals surface area contributed by atoms with E-state index in [4.69, 9.17) is 4.74 Å². The van der Waals surface area contributed by atoms with Crippen molar-refractivity contribution in [1.29, 1.82) is 0 Å². The summed E-state index contributed by atoms with van der Waals surface area (Å²) in [6.07, 6.45) is 16.2. The van der Waals surface area contributed by atoms with Gasteiger partial charge in [-0.1, -0.05) is 140 Å². The van der Waals surface area contributed by atoms with Gasteiger partial charge in [-0.15, -0.1) is 0 Å². The van der Waals surface area contributed by atoms with Gasteiger partial charge in [0.25, 0.3) is 0 Å². The third-order valence-corrected chi connectivity index (χ3v) is 8.80. The second-order valence-corrected chi connectivity index (χ2v) is 13.6. The fourth-order valence-corrected chi connectivity index (χ4v) is 6.22. The molecule has 6 heteroatoms. The fraction of sp³-hybridized carbons (Fsp3) is 0.568. The Balaban J connectivity index is 0.00000645. The quantitative estimate of drug-likeness (QED) is 0.111. The lowest BCUT2D eigenvalue weighted by Crippen LogP contribution is -3.00. The number of carbonyl (C=O) groups is 1. The molecule has 0 saturated carbocycles. The van der Waals surface area contributed by atoms with Crippen molar-refractivity contribution in [3.63, 3.8) is 0 Å². The molecule has 0 aliphatic heterocycles. The molecule has 0 fully saturated rings. The summed E-state index contributed by atoms with van der Waals surface area (Å²) in [5, 5.41) is 5.27. The van der Waals surface area contributed by atoms with Crippen molar-refractivity contribution in [2.75, 3.05) is 11.9 Å². The first-order valence-corrected chi connectivity index (χ1v) is 17.3. The lowest BCUT2D eigenvalue weighted by molar-refractivity contribution is -0.689. The first kappa shape index (κ1) is 37.0. The van der Waals surface area contributed by atoms with Gasteiger partial charge in [-0.25, -0.2) is 0 Å². The molecule has 43 heavy (non-hydrogen) atoms. The summed E-state index contributed by atoms with van der Waals surface area (Å²) in [5.74, 6) is 0.870. The number of para-hydroxylation sites is 1. The summed E-state index contributed by atoms with van der Waals surface area (Å²) in [5.41, 5.74) is 7.42. The second-order valence-electron chi connectivity index (χ2n) is 12.8. The minimum absolute atomic E-state index is 0. The Labute approximate surface area is 276 Å². The molecule has 0 spiro atoms. The number of aryl methyl sites for hydroxylation is 1. The molecule has 3 rings (SSSR count). The molecule has 1 aromatic heterocycles. The van der Waals surface area contributed by atoms with Crippen LogP contribution in [0.1, 0.15) is 127 Å². The van der Waals surface area contributed by atoms with Crippen LogP contribution >= 0.6 is 11.3 Å². The van der Waals surface area contributed by atoms with Crippen LogP contribution < -0.4 is 31.6 Å². The van der Waals surface area contributed by atoms with E-state index in [2.05, 4.69) is 79.7 Å². The number of anilines is 1. The van der Waals surface area contributed by atoms with E-state index in [0.29, 0.717) is 13.0 Å². The van der Waals surface area contributed by atoms with E-state index >= 15 is 0 Å². The number of aromatic nitrogens is 1. The summed E-state index contributed by atoms with van der Waals surface area (Å²) < 4.78 is 8.67. The number of nitrogens with zero attached hydrogens (tertiary/aromatic N) is 1. The maximum atomic E-state index is 13.2. The Bertz CT molecular complexity index is 1220. The van der Waals surface area contributed by atoms with E-state index < -0.39 is 0 Å². The van der Waals surface area contributed by atoms with E-state index in [1.165, 1.54) is 81.9 Å². The van der Waals surface area contributed by atoms with E-state index in [9.17, 15) is 4.79 Å². The van der Waals surface area contributed by atoms with Gasteiger partial charge < -0.3 is 27.0 Å². The molecule has 0 atom stereocenters. The third-order valence-electron chi connectivity index (χ3n) is 7.94. The smallest absolute Gasteiger partial charge is 0.228 e. The Morgan fingerprint density at radius 1 is 0.884 bits per heavy atom. The molecule has 0 bridgehead atoms. The molecule has 0 saturated heterocycles. The highest BCUT2D eigenvalue weighted by Crippen LogP contribution is 2.35. The largest absolute Gasteiger partial charge is 1.00 e. The SMILES string of the molecule is CCCCCCCCCCCCCCOc1c(CC(=O)Nc2cccc(C[n+]3cscc3C)c2)cccc1C(C)(C)C.[Br-]. The van der Waals surface area contributed by atoms with Crippen LogP contribution in [-0.4, -0.2) is 12.5 Å². The highest BCUT2D eigenvalue weighted by Gasteiger charge is 2.22. The molecule has 0 aliphatic carbocycles. The summed E-state index contributed by atoms with van der Waals surface area (Å²) in [7, 11) is 0. The number of nitrogens with one attached hydrogen (secondary N) is 1. The molecule has 1 heterocycles. The average Bonchev–Trinajstić information content (AvgIpc) is 3.35. The van der Waals surface area contributed by atoms with Gasteiger partial charge in [0.1, 0.15) is 5.75 Å². The molecule has 0 unspecified atom stereocenters. The molecule has 2 aromatic carbocycles. The van der Waals surface area contributed by atoms with Gasteiger partial charge in [-0.05, 0) is 29.5 Å². The number of amides is 1. The fourth-order valence-electron chi connectivity index (χ4n) is 5.44. The van der Waals surface area contributed by atoms with Gasteiger partial charge in [0, 0.05) is 23.7 Å². The van der Waals surface area contributed by atoms with Crippen molar-refractivity contribution in [1.82, 2.24) is 0 Å². The van der Waals surface area contributed by atoms with Crippen LogP contribution in [0.4, 0.5) is 5.69 Å². The average molecular weight is 672 g/mol. The molecule has 1 amide bonds. The van der Waals surface area contributed by atoms with Crippen molar-refractivity contribution in [2.45, 2.75) is 130 Å². The molecular formula is C37H55BrN2O2S. The highest BCUT2D eigenvalue weighted by molar-refractivity contribution is 7.07. The summed E-state index contributed by atoms with van der Waals surface area (Å²) in [6, 6.07) is 14.4. The van der Waals surface area contributed by atoms with Crippen molar-refractivity contribution >= 4 is 22.9 Å². The number of hydrogen-bond acceptors (Lipinski definition) is 3. The number of carbonyl (C=O) groups excluding carboxylic acids is 1. The second kappa shape index (κ2) is 20.0. The van der Waals surface area contributed by atoms with Gasteiger partial charge in [0.2, 0.25) is 11.4 Å². The third kappa shape index (κ3) is 13.6. The normalized spacial score (nSPS) is 11.3. The predicted octanol–water partition coefficient (Wildman–Crippen LogP) is 6.95. The monoisotopic (exact) mass is 670 g/mol. The molecule has 238 valence electrons. The Morgan fingerprint density at radius 2 is 1.51 bits per heavy atom. The lowest BCUT2D eigenvalue weighted by Gasteiger charge is -2.25. The Hall–Kier alpha value is -2.18. The van der Waals surface area contributed by atoms with Crippen LogP contribution in [0.2, 0.25) is 0 Å². The standard InChI is InChI=1S/C37H54N2O2S.BrH/c1-6-7-8-9-10-11-12-13-14-15-16-17-24-41-36-32(21-19-23-34(36)37(3,4)5)26-35(40)38-33-22-18-20-31(25-33)27-39-29-42-28-30(39)2;/h18-23,25,28-29H,6-17,24,26-27H2,1-5H3;1H. The first-order chi connectivity index (χ1) is 20.3. The van der Waals surface area contributed by atoms with E-state index in [-0.39, 0.29) is 28.3 Å².